The van der Waals surface area contributed by atoms with Crippen molar-refractivity contribution in [2.24, 2.45) is 11.5 Å². The minimum absolute atomic E-state index is 0.0652. The number of aromatic nitrogens is 2. The van der Waals surface area contributed by atoms with Gasteiger partial charge in [-0.25, -0.2) is 4.98 Å². The summed E-state index contributed by atoms with van der Waals surface area (Å²) in [5.41, 5.74) is 12.7. The monoisotopic (exact) mass is 313 g/mol. The summed E-state index contributed by atoms with van der Waals surface area (Å²) in [7, 11) is 0. The van der Waals surface area contributed by atoms with Crippen LogP contribution in [0.4, 0.5) is 0 Å². The van der Waals surface area contributed by atoms with E-state index in [0.29, 0.717) is 10.4 Å². The summed E-state index contributed by atoms with van der Waals surface area (Å²) in [5.74, 6) is -0.988. The van der Waals surface area contributed by atoms with Gasteiger partial charge in [-0.2, -0.15) is 0 Å². The molecule has 0 aliphatic rings. The molecule has 3 rings (SSSR count). The van der Waals surface area contributed by atoms with E-state index in [4.69, 9.17) is 11.5 Å². The van der Waals surface area contributed by atoms with Crippen molar-refractivity contribution in [2.75, 3.05) is 0 Å². The number of nitrogens with one attached hydrogen (secondary N) is 1. The van der Waals surface area contributed by atoms with Crippen LogP contribution >= 0.6 is 11.3 Å². The first-order chi connectivity index (χ1) is 10.6. The fourth-order valence-electron chi connectivity index (χ4n) is 2.24. The molecule has 1 radical (unpaired) electrons. The van der Waals surface area contributed by atoms with Gasteiger partial charge in [-0.15, -0.1) is 11.3 Å². The molecule has 0 aliphatic carbocycles. The average molecular weight is 313 g/mol. The number of nitrogens with zero attached hydrogens (tertiary/aromatic N) is 1. The lowest BCUT2D eigenvalue weighted by Gasteiger charge is -1.96. The van der Waals surface area contributed by atoms with Crippen molar-refractivity contribution >= 4 is 34.2 Å². The first-order valence-electron chi connectivity index (χ1n) is 6.54. The highest BCUT2D eigenvalue weighted by atomic mass is 32.1. The summed E-state index contributed by atoms with van der Waals surface area (Å²) in [5, 5.41) is 0.959. The Morgan fingerprint density at radius 1 is 1.36 bits per heavy atom. The van der Waals surface area contributed by atoms with Gasteiger partial charge in [0.2, 0.25) is 11.8 Å². The number of amides is 2. The Morgan fingerprint density at radius 3 is 2.91 bits per heavy atom. The third-order valence-corrected chi connectivity index (χ3v) is 4.40. The Kier molecular flexibility index (Phi) is 3.64. The molecule has 0 unspecified atom stereocenters. The van der Waals surface area contributed by atoms with Gasteiger partial charge in [0.15, 0.2) is 0 Å². The fraction of sp³-hybridized carbons (Fsp3) is 0.0667. The highest BCUT2D eigenvalue weighted by molar-refractivity contribution is 7.16. The van der Waals surface area contributed by atoms with Crippen LogP contribution in [0.5, 0.6) is 0 Å². The van der Waals surface area contributed by atoms with Gasteiger partial charge < -0.3 is 16.5 Å². The predicted molar refractivity (Wildman–Crippen MR) is 85.1 cm³/mol. The molecule has 0 aliphatic heterocycles. The molecule has 0 atom stereocenters. The zero-order valence-electron chi connectivity index (χ0n) is 11.5. The summed E-state index contributed by atoms with van der Waals surface area (Å²) in [6.07, 6.45) is 5.24. The second kappa shape index (κ2) is 5.61. The van der Waals surface area contributed by atoms with Crippen LogP contribution in [-0.4, -0.2) is 21.8 Å². The first-order valence-corrected chi connectivity index (χ1v) is 7.35. The van der Waals surface area contributed by atoms with Gasteiger partial charge in [0.1, 0.15) is 5.65 Å². The van der Waals surface area contributed by atoms with Crippen LogP contribution in [0, 0.1) is 6.42 Å². The molecule has 0 saturated heterocycles. The third-order valence-electron chi connectivity index (χ3n) is 3.23. The number of rotatable bonds is 5. The van der Waals surface area contributed by atoms with Crippen molar-refractivity contribution in [1.82, 2.24) is 9.97 Å². The Bertz CT molecular complexity index is 865. The van der Waals surface area contributed by atoms with E-state index in [1.54, 1.807) is 18.7 Å². The number of nitrogens with two attached hydrogens (primary N) is 2. The highest BCUT2D eigenvalue weighted by Crippen LogP contribution is 2.36. The molecule has 22 heavy (non-hydrogen) atoms. The predicted octanol–water partition coefficient (Wildman–Crippen LogP) is 1.82. The third kappa shape index (κ3) is 2.58. The van der Waals surface area contributed by atoms with E-state index in [0.717, 1.165) is 21.5 Å². The number of hydrogen-bond acceptors (Lipinski definition) is 4. The topological polar surface area (TPSA) is 115 Å². The van der Waals surface area contributed by atoms with Crippen molar-refractivity contribution in [3.8, 4) is 10.4 Å². The summed E-state index contributed by atoms with van der Waals surface area (Å²) in [4.78, 5) is 31.4. The standard InChI is InChI=1S/C15H13N4O2S/c16-13(20)4-3-11-9(14(17)21)6-12(22-11)10-7-19-15-8(10)2-1-5-18-15/h1-3,5-7H,4H2,(H2,16,20)(H2,17,21)(H,18,19). The molecule has 0 saturated carbocycles. The molecule has 0 aromatic carbocycles. The van der Waals surface area contributed by atoms with Crippen LogP contribution < -0.4 is 11.5 Å². The van der Waals surface area contributed by atoms with Gasteiger partial charge in [-0.3, -0.25) is 9.59 Å². The van der Waals surface area contributed by atoms with E-state index in [2.05, 4.69) is 9.97 Å². The fourth-order valence-corrected chi connectivity index (χ4v) is 3.36. The zero-order chi connectivity index (χ0) is 15.7. The van der Waals surface area contributed by atoms with E-state index in [-0.39, 0.29) is 6.42 Å². The summed E-state index contributed by atoms with van der Waals surface area (Å²) < 4.78 is 0. The normalized spacial score (nSPS) is 10.9. The number of fused-ring (bicyclic) bond motifs is 1. The van der Waals surface area contributed by atoms with Crippen molar-refractivity contribution in [3.63, 3.8) is 0 Å². The molecule has 0 spiro atoms. The summed E-state index contributed by atoms with van der Waals surface area (Å²) in [6, 6.07) is 5.53. The molecular formula is C15H13N4O2S. The number of hydrogen-bond donors (Lipinski definition) is 3. The lowest BCUT2D eigenvalue weighted by atomic mass is 10.1. The summed E-state index contributed by atoms with van der Waals surface area (Å²) in [6.45, 7) is 0. The molecular weight excluding hydrogens is 300 g/mol. The maximum absolute atomic E-state index is 11.6. The van der Waals surface area contributed by atoms with E-state index >= 15 is 0 Å². The molecule has 3 aromatic rings. The van der Waals surface area contributed by atoms with Gasteiger partial charge in [-0.1, -0.05) is 0 Å². The molecule has 6 nitrogen and oxygen atoms in total. The maximum atomic E-state index is 11.6. The SMILES string of the molecule is NC(=O)C[CH]c1sc(-c2c[nH]c3ncccc23)cc1C(N)=O. The molecule has 0 fully saturated rings. The minimum Gasteiger partial charge on any atom is -0.370 e. The smallest absolute Gasteiger partial charge is 0.249 e. The number of aromatic amines is 1. The minimum atomic E-state index is -0.531. The number of primary amides is 2. The lowest BCUT2D eigenvalue weighted by Crippen LogP contribution is -2.13. The molecule has 111 valence electrons. The molecule has 3 aromatic heterocycles. The molecule has 2 amide bonds. The van der Waals surface area contributed by atoms with Gasteiger partial charge in [-0.05, 0) is 18.2 Å². The number of thiophene rings is 1. The number of pyridine rings is 1. The van der Waals surface area contributed by atoms with E-state index < -0.39 is 11.8 Å². The summed E-state index contributed by atoms with van der Waals surface area (Å²) >= 11 is 1.39. The number of H-pyrrole nitrogens is 1. The van der Waals surface area contributed by atoms with Crippen molar-refractivity contribution in [2.45, 2.75) is 6.42 Å². The first kappa shape index (κ1) is 14.3. The van der Waals surface area contributed by atoms with E-state index in [1.165, 1.54) is 11.3 Å². The van der Waals surface area contributed by atoms with Gasteiger partial charge in [0.25, 0.3) is 0 Å². The van der Waals surface area contributed by atoms with E-state index in [1.807, 2.05) is 18.3 Å². The van der Waals surface area contributed by atoms with Crippen LogP contribution in [0.3, 0.4) is 0 Å². The van der Waals surface area contributed by atoms with Crippen LogP contribution in [0.15, 0.2) is 30.6 Å². The van der Waals surface area contributed by atoms with Crippen LogP contribution in [0.1, 0.15) is 21.7 Å². The van der Waals surface area contributed by atoms with Gasteiger partial charge in [0.05, 0.1) is 5.56 Å². The second-order valence-electron chi connectivity index (χ2n) is 4.73. The van der Waals surface area contributed by atoms with Crippen LogP contribution in [0.25, 0.3) is 21.5 Å². The quantitative estimate of drug-likeness (QED) is 0.667. The Balaban J connectivity index is 2.06. The van der Waals surface area contributed by atoms with Gasteiger partial charge >= 0.3 is 0 Å². The van der Waals surface area contributed by atoms with Gasteiger partial charge in [0, 0.05) is 45.9 Å². The Hall–Kier alpha value is -2.67. The Labute approximate surface area is 130 Å². The highest BCUT2D eigenvalue weighted by Gasteiger charge is 2.17. The average Bonchev–Trinajstić information content (AvgIpc) is 3.08. The zero-order valence-corrected chi connectivity index (χ0v) is 12.3. The lowest BCUT2D eigenvalue weighted by molar-refractivity contribution is -0.117. The molecule has 0 bridgehead atoms. The molecule has 3 heterocycles. The molecule has 5 N–H and O–H groups in total. The van der Waals surface area contributed by atoms with Crippen LogP contribution in [0.2, 0.25) is 0 Å². The van der Waals surface area contributed by atoms with Crippen molar-refractivity contribution < 1.29 is 9.59 Å². The van der Waals surface area contributed by atoms with E-state index in [9.17, 15) is 9.59 Å². The number of carbonyl (C=O) groups excluding carboxylic acids is 2. The van der Waals surface area contributed by atoms with Crippen LogP contribution in [-0.2, 0) is 4.79 Å². The van der Waals surface area contributed by atoms with Crippen molar-refractivity contribution in [1.29, 1.82) is 0 Å². The number of carbonyl (C=O) groups is 2. The molecule has 7 heteroatoms. The van der Waals surface area contributed by atoms with Crippen molar-refractivity contribution in [3.05, 3.63) is 47.5 Å². The maximum Gasteiger partial charge on any atom is 0.249 e. The second-order valence-corrected chi connectivity index (χ2v) is 5.81. The Morgan fingerprint density at radius 2 is 2.18 bits per heavy atom. The largest absolute Gasteiger partial charge is 0.370 e.